The summed E-state index contributed by atoms with van der Waals surface area (Å²) in [5, 5.41) is 29.2. The Morgan fingerprint density at radius 1 is 0.303 bits per heavy atom. The largest absolute Gasteiger partial charge is 0.466 e. The predicted octanol–water partition coefficient (Wildman–Crippen LogP) is 29.3. The summed E-state index contributed by atoms with van der Waals surface area (Å²) in [7, 11) is 1.18. The number of hydrogen-bond acceptors (Lipinski definition) is 7. The Balaban J connectivity index is 0.000000117. The molecule has 24 rings (SSSR count). The van der Waals surface area contributed by atoms with Crippen LogP contribution in [0, 0.1) is 88.8 Å². The summed E-state index contributed by atoms with van der Waals surface area (Å²) in [5.41, 5.74) is 26.6. The molecule has 3 fully saturated rings. The number of halogens is 1. The number of aliphatic hydroxyl groups is 3. The van der Waals surface area contributed by atoms with E-state index in [1.807, 2.05) is 97.1 Å². The fourth-order valence-electron chi connectivity index (χ4n) is 25.1. The fraction of sp³-hybridized carbons (Fsp3) is 0.291. The van der Waals surface area contributed by atoms with Crippen LogP contribution in [0.4, 0.5) is 4.39 Å². The van der Waals surface area contributed by atoms with Gasteiger partial charge in [-0.15, -0.1) is 23.7 Å². The maximum Gasteiger partial charge on any atom is 0.356 e. The van der Waals surface area contributed by atoms with Crippen LogP contribution in [0.5, 0.6) is 0 Å². The summed E-state index contributed by atoms with van der Waals surface area (Å²) in [4.78, 5) is 40.9. The molecule has 0 amide bonds. The van der Waals surface area contributed by atoms with Gasteiger partial charge in [-0.1, -0.05) is 395 Å². The molecule has 0 heterocycles. The van der Waals surface area contributed by atoms with Crippen molar-refractivity contribution in [2.75, 3.05) is 26.9 Å². The lowest BCUT2D eigenvalue weighted by molar-refractivity contribution is -0.151. The summed E-state index contributed by atoms with van der Waals surface area (Å²) in [6.45, 7) is 0.998. The summed E-state index contributed by atoms with van der Waals surface area (Å²) in [6.07, 6.45) is 24.0. The molecule has 7 nitrogen and oxygen atoms in total. The van der Waals surface area contributed by atoms with Crippen LogP contribution in [0.2, 0.25) is 0 Å². The van der Waals surface area contributed by atoms with Gasteiger partial charge in [0.1, 0.15) is 10.8 Å². The van der Waals surface area contributed by atoms with E-state index in [0.717, 1.165) is 180 Å². The minimum atomic E-state index is -2.06. The van der Waals surface area contributed by atoms with Gasteiger partial charge in [-0.2, -0.15) is 0 Å². The summed E-state index contributed by atoms with van der Waals surface area (Å²) < 4.78 is 18.1. The molecule has 2 bridgehead atoms. The smallest absolute Gasteiger partial charge is 0.356 e. The van der Waals surface area contributed by atoms with Gasteiger partial charge in [0.25, 0.3) is 5.67 Å². The third kappa shape index (κ3) is 19.9. The lowest BCUT2D eigenvalue weighted by atomic mass is 9.63. The number of benzene rings is 13. The zero-order valence-corrected chi connectivity index (χ0v) is 81.6. The summed E-state index contributed by atoms with van der Waals surface area (Å²) in [6, 6.07) is 127. The molecule has 3 N–H and O–H groups in total. The van der Waals surface area contributed by atoms with Crippen LogP contribution in [0.3, 0.4) is 0 Å². The zero-order valence-electron chi connectivity index (χ0n) is 81.6. The number of methoxy groups -OCH3 is 1. The number of aliphatic hydroxyl groups excluding tert-OH is 3. The van der Waals surface area contributed by atoms with Crippen molar-refractivity contribution in [2.24, 2.45) is 53.3 Å². The van der Waals surface area contributed by atoms with Crippen molar-refractivity contribution < 1.29 is 38.8 Å². The Hall–Kier alpha value is -13.9. The molecule has 142 heavy (non-hydrogen) atoms. The highest BCUT2D eigenvalue weighted by Gasteiger charge is 2.72. The quantitative estimate of drug-likeness (QED) is 0.0500. The van der Waals surface area contributed by atoms with Crippen molar-refractivity contribution in [1.82, 2.24) is 0 Å². The van der Waals surface area contributed by atoms with Gasteiger partial charge >= 0.3 is 5.97 Å². The second-order valence-corrected chi connectivity index (χ2v) is 39.7. The number of alkyl halides is 1. The average molecular weight is 1870 g/mol. The van der Waals surface area contributed by atoms with E-state index >= 15 is 4.79 Å². The second-order valence-electron chi connectivity index (χ2n) is 39.7. The zero-order chi connectivity index (χ0) is 97.2. The topological polar surface area (TPSA) is 121 Å². The maximum absolute atomic E-state index is 15.9. The molecule has 0 spiro atoms. The molecule has 0 aliphatic heterocycles. The number of allylic oxidation sites excluding steroid dienone is 8. The van der Waals surface area contributed by atoms with Crippen molar-refractivity contribution in [1.29, 1.82) is 0 Å². The normalized spacial score (nSPS) is 23.9. The lowest BCUT2D eigenvalue weighted by Crippen LogP contribution is -2.39. The number of rotatable bonds is 16. The first kappa shape index (κ1) is 97.0. The van der Waals surface area contributed by atoms with E-state index in [0.29, 0.717) is 73.3 Å². The first-order valence-corrected chi connectivity index (χ1v) is 52.0. The van der Waals surface area contributed by atoms with Gasteiger partial charge in [0.15, 0.2) is 11.6 Å². The van der Waals surface area contributed by atoms with Crippen molar-refractivity contribution in [3.63, 3.8) is 0 Å². The minimum absolute atomic E-state index is 0.0742. The van der Waals surface area contributed by atoms with Crippen LogP contribution in [-0.2, 0) is 42.8 Å². The van der Waals surface area contributed by atoms with E-state index in [4.69, 9.17) is 5.11 Å². The summed E-state index contributed by atoms with van der Waals surface area (Å²) >= 11 is 0. The van der Waals surface area contributed by atoms with Gasteiger partial charge in [0, 0.05) is 80.6 Å². The van der Waals surface area contributed by atoms with Crippen molar-refractivity contribution in [3.05, 3.63) is 431 Å². The van der Waals surface area contributed by atoms with E-state index in [1.54, 1.807) is 0 Å². The molecular weight excluding hydrogens is 1740 g/mol. The number of hydrogen-bond donors (Lipinski definition) is 3. The first-order chi connectivity index (χ1) is 70.0. The Morgan fingerprint density at radius 2 is 0.563 bits per heavy atom. The Labute approximate surface area is 839 Å². The lowest BCUT2D eigenvalue weighted by Gasteiger charge is -2.38. The predicted molar refractivity (Wildman–Crippen MR) is 577 cm³/mol. The van der Waals surface area contributed by atoms with Gasteiger partial charge in [-0.05, 0) is 266 Å². The van der Waals surface area contributed by atoms with Gasteiger partial charge in [-0.25, -0.2) is 9.18 Å². The standard InChI is InChI=1S/C39H34O2.C38H34O.C29H20O.C10H13FO2.C10H14O.C8H12/c40-25-32-30-21-23-33-34(24-22-31(30)32)39(29-19-11-4-12-20-29)36(27-15-7-2-8-16-27)35(26-13-5-1-6-14-26)38(33,37(39)41)28-17-9-3-10-18-28;39-25-34-30-21-23-32-33(24-22-31(30)34)36(27-15-7-2-8-16-27)38(29-19-11-4-12-20-29)37(28-17-9-3-10-18-28)35(32)26-13-5-1-6-14-26;30-29-27(23-17-9-3-10-18-23)25(21-13-5-1-6-14-21)26(22-15-7-2-8-16-22)28(29)24-19-11-4-12-20-24;1-13-9(12)10(11)7-5-3-2-4-6-8-10;11-7-10-8-5-3-1-2-4-6-9(8)10;1-2-4-6-8-7-5-3-1/h1-20,30-32,40H,21-25H2;1-20,30-31,34,39H,21-25H2;1-20H;2-5,7H2,1H3;8-11H,3-7H2;1-6H2/t30-,31+,32?,38?,39?;30-,31+,34?;;;8-,9+,10?;. The van der Waals surface area contributed by atoms with Crippen LogP contribution in [0.1, 0.15) is 190 Å². The third-order valence-corrected chi connectivity index (χ3v) is 31.9. The van der Waals surface area contributed by atoms with Gasteiger partial charge in [-0.3, -0.25) is 9.59 Å². The van der Waals surface area contributed by atoms with Gasteiger partial charge in [0.2, 0.25) is 0 Å². The summed E-state index contributed by atoms with van der Waals surface area (Å²) in [5.74, 6) is 22.7. The molecule has 8 heteroatoms. The molecule has 12 atom stereocenters. The second kappa shape index (κ2) is 45.4. The van der Waals surface area contributed by atoms with E-state index in [-0.39, 0.29) is 18.8 Å². The number of carbonyl (C=O) groups is 3. The van der Waals surface area contributed by atoms with Crippen LogP contribution in [0.15, 0.2) is 375 Å². The molecule has 712 valence electrons. The maximum atomic E-state index is 15.9. The van der Waals surface area contributed by atoms with Crippen LogP contribution in [-0.4, -0.2) is 65.5 Å². The highest BCUT2D eigenvalue weighted by molar-refractivity contribution is 6.59. The van der Waals surface area contributed by atoms with Crippen molar-refractivity contribution in [2.45, 2.75) is 164 Å². The SMILES string of the molecule is C1#CCCCCCC1.COC(=O)C1(F)C#CCCCCC1.O=C1C(c2ccccc2)=C(c2ccccc2)C(c2ccccc2)=C1c1ccccc1.O=C1C2(c3ccccc3)C3=C(CC[C@H]4C(CO)[C@H]4CC3)C1(c1ccccc1)C(c1ccccc1)=C2c1ccccc1.OCC1[C@H]2CCC#CCC[C@@H]12.OCC1[C@H]2CCc3c(c(-c4ccccc4)c(-c4ccccc4)c(-c4ccccc4)c3-c3ccccc3)CC[C@@H]12. The number of esters is 1. The first-order valence-electron chi connectivity index (χ1n) is 52.0. The molecule has 0 aromatic heterocycles. The van der Waals surface area contributed by atoms with Gasteiger partial charge in [0.05, 0.1) is 7.11 Å². The Morgan fingerprint density at radius 3 is 0.880 bits per heavy atom. The van der Waals surface area contributed by atoms with Crippen LogP contribution < -0.4 is 0 Å². The molecule has 0 radical (unpaired) electrons. The van der Waals surface area contributed by atoms with Crippen LogP contribution in [0.25, 0.3) is 77.9 Å². The molecular formula is C134H127FO7. The van der Waals surface area contributed by atoms with E-state index in [2.05, 4.69) is 307 Å². The molecule has 13 aromatic rings. The highest BCUT2D eigenvalue weighted by Crippen LogP contribution is 2.73. The Kier molecular flexibility index (Phi) is 31.0. The molecule has 13 aromatic carbocycles. The van der Waals surface area contributed by atoms with Gasteiger partial charge < -0.3 is 20.1 Å². The number of carbonyl (C=O) groups excluding carboxylic acids is 3. The fourth-order valence-corrected chi connectivity index (χ4v) is 25.1. The average Bonchev–Trinajstić information content (AvgIpc) is 1.47. The van der Waals surface area contributed by atoms with Crippen molar-refractivity contribution in [3.8, 4) is 80.0 Å². The highest BCUT2D eigenvalue weighted by atomic mass is 19.1. The monoisotopic (exact) mass is 1870 g/mol. The number of fused-ring (bicyclic) bond motifs is 8. The molecule has 11 aliphatic carbocycles. The van der Waals surface area contributed by atoms with E-state index in [1.165, 1.54) is 112 Å². The molecule has 0 saturated heterocycles. The molecule has 3 saturated carbocycles. The third-order valence-electron chi connectivity index (χ3n) is 31.9. The van der Waals surface area contributed by atoms with Crippen molar-refractivity contribution >= 4 is 51.0 Å². The molecule has 11 aliphatic rings. The Bertz CT molecular complexity index is 6540. The number of ether oxygens (including phenoxy) is 1. The molecule has 6 unspecified atom stereocenters. The number of ketones is 2. The van der Waals surface area contributed by atoms with Crippen LogP contribution >= 0.6 is 0 Å². The number of Topliss-reactive ketones (excluding diaryl/α,β-unsaturated/α-hetero) is 2. The van der Waals surface area contributed by atoms with E-state index < -0.39 is 22.5 Å². The van der Waals surface area contributed by atoms with E-state index in [9.17, 15) is 24.2 Å². The minimum Gasteiger partial charge on any atom is -0.466 e.